The van der Waals surface area contributed by atoms with Crippen molar-refractivity contribution < 1.29 is 4.42 Å². The van der Waals surface area contributed by atoms with Crippen LogP contribution in [0.3, 0.4) is 0 Å². The monoisotopic (exact) mass is 487 g/mol. The van der Waals surface area contributed by atoms with Gasteiger partial charge >= 0.3 is 0 Å². The Kier molecular flexibility index (Phi) is 4.02. The first-order chi connectivity index (χ1) is 16.3. The Morgan fingerprint density at radius 1 is 0.576 bits per heavy atom. The Labute approximate surface area is 198 Å². The molecule has 5 aromatic carbocycles. The SMILES string of the molecule is Brc1cccc2oc3cccc(-c4ccc5c(c4)c4ccccc4n5-c4ccccc4)c3c12. The number of nitrogens with zero attached hydrogens (tertiary/aromatic N) is 1. The average Bonchev–Trinajstić information content (AvgIpc) is 3.41. The van der Waals surface area contributed by atoms with Crippen molar-refractivity contribution in [2.45, 2.75) is 0 Å². The van der Waals surface area contributed by atoms with Gasteiger partial charge in [0.15, 0.2) is 0 Å². The molecule has 0 atom stereocenters. The van der Waals surface area contributed by atoms with Gasteiger partial charge in [0.25, 0.3) is 0 Å². The van der Waals surface area contributed by atoms with E-state index in [0.29, 0.717) is 0 Å². The van der Waals surface area contributed by atoms with Crippen molar-refractivity contribution in [1.82, 2.24) is 4.57 Å². The molecule has 0 saturated heterocycles. The Morgan fingerprint density at radius 3 is 2.18 bits per heavy atom. The summed E-state index contributed by atoms with van der Waals surface area (Å²) in [7, 11) is 0. The number of furan rings is 1. The molecule has 156 valence electrons. The molecule has 0 spiro atoms. The number of hydrogen-bond donors (Lipinski definition) is 0. The quantitative estimate of drug-likeness (QED) is 0.237. The van der Waals surface area contributed by atoms with Crippen molar-refractivity contribution in [3.8, 4) is 16.8 Å². The van der Waals surface area contributed by atoms with Gasteiger partial charge in [-0.3, -0.25) is 0 Å². The first kappa shape index (κ1) is 18.7. The summed E-state index contributed by atoms with van der Waals surface area (Å²) in [5.74, 6) is 0. The van der Waals surface area contributed by atoms with Crippen LogP contribution in [0.15, 0.2) is 118 Å². The van der Waals surface area contributed by atoms with Crippen LogP contribution in [0.2, 0.25) is 0 Å². The van der Waals surface area contributed by atoms with Crippen LogP contribution in [0, 0.1) is 0 Å². The molecule has 0 radical (unpaired) electrons. The van der Waals surface area contributed by atoms with E-state index in [1.165, 1.54) is 38.6 Å². The van der Waals surface area contributed by atoms with E-state index in [1.807, 2.05) is 18.2 Å². The van der Waals surface area contributed by atoms with E-state index in [0.717, 1.165) is 26.4 Å². The van der Waals surface area contributed by atoms with Crippen LogP contribution in [-0.2, 0) is 0 Å². The summed E-state index contributed by atoms with van der Waals surface area (Å²) in [6.07, 6.45) is 0. The summed E-state index contributed by atoms with van der Waals surface area (Å²) in [5, 5.41) is 4.76. The second kappa shape index (κ2) is 7.09. The van der Waals surface area contributed by atoms with Crippen molar-refractivity contribution in [2.24, 2.45) is 0 Å². The molecule has 0 fully saturated rings. The van der Waals surface area contributed by atoms with E-state index >= 15 is 0 Å². The minimum Gasteiger partial charge on any atom is -0.456 e. The molecule has 0 bridgehead atoms. The Bertz CT molecular complexity index is 1830. The highest BCUT2D eigenvalue weighted by Gasteiger charge is 2.17. The summed E-state index contributed by atoms with van der Waals surface area (Å²) < 4.78 is 9.58. The number of halogens is 1. The van der Waals surface area contributed by atoms with Crippen LogP contribution in [0.25, 0.3) is 60.6 Å². The molecule has 0 unspecified atom stereocenters. The van der Waals surface area contributed by atoms with Crippen molar-refractivity contribution in [3.05, 3.63) is 114 Å². The molecular weight excluding hydrogens is 470 g/mol. The molecule has 2 aromatic heterocycles. The maximum atomic E-state index is 6.18. The largest absolute Gasteiger partial charge is 0.456 e. The lowest BCUT2D eigenvalue weighted by Crippen LogP contribution is -1.92. The Morgan fingerprint density at radius 2 is 1.30 bits per heavy atom. The highest BCUT2D eigenvalue weighted by molar-refractivity contribution is 9.10. The van der Waals surface area contributed by atoms with Crippen LogP contribution in [0.4, 0.5) is 0 Å². The number of hydrogen-bond acceptors (Lipinski definition) is 1. The first-order valence-corrected chi connectivity index (χ1v) is 11.8. The number of fused-ring (bicyclic) bond motifs is 6. The molecule has 2 nitrogen and oxygen atoms in total. The maximum absolute atomic E-state index is 6.18. The Hall–Kier alpha value is -3.82. The standard InChI is InChI=1S/C30H18BrNO/c31-24-12-7-15-28-30(24)29-21(11-6-14-27(29)33-28)19-16-17-26-23(18-19)22-10-4-5-13-25(22)32(26)20-8-2-1-3-9-20/h1-18H. The van der Waals surface area contributed by atoms with Gasteiger partial charge in [0.1, 0.15) is 11.2 Å². The summed E-state index contributed by atoms with van der Waals surface area (Å²) in [6, 6.07) is 38.4. The van der Waals surface area contributed by atoms with E-state index in [-0.39, 0.29) is 0 Å². The fourth-order valence-electron chi connectivity index (χ4n) is 5.06. The summed E-state index contributed by atoms with van der Waals surface area (Å²) in [6.45, 7) is 0. The summed E-state index contributed by atoms with van der Waals surface area (Å²) in [4.78, 5) is 0. The van der Waals surface area contributed by atoms with Crippen LogP contribution >= 0.6 is 15.9 Å². The van der Waals surface area contributed by atoms with Crippen LogP contribution < -0.4 is 0 Å². The third-order valence-electron chi connectivity index (χ3n) is 6.47. The molecule has 0 saturated carbocycles. The maximum Gasteiger partial charge on any atom is 0.136 e. The van der Waals surface area contributed by atoms with Gasteiger partial charge < -0.3 is 8.98 Å². The molecule has 0 amide bonds. The molecule has 0 N–H and O–H groups in total. The minimum absolute atomic E-state index is 0.897. The number of aromatic nitrogens is 1. The highest BCUT2D eigenvalue weighted by atomic mass is 79.9. The van der Waals surface area contributed by atoms with E-state index in [2.05, 4.69) is 111 Å². The van der Waals surface area contributed by atoms with E-state index < -0.39 is 0 Å². The predicted octanol–water partition coefficient (Wildman–Crippen LogP) is 9.11. The number of benzene rings is 5. The van der Waals surface area contributed by atoms with Crippen molar-refractivity contribution in [1.29, 1.82) is 0 Å². The lowest BCUT2D eigenvalue weighted by Gasteiger charge is -2.08. The number of para-hydroxylation sites is 2. The molecule has 0 aliphatic heterocycles. The predicted molar refractivity (Wildman–Crippen MR) is 141 cm³/mol. The lowest BCUT2D eigenvalue weighted by molar-refractivity contribution is 0.669. The van der Waals surface area contributed by atoms with Crippen molar-refractivity contribution in [2.75, 3.05) is 0 Å². The fourth-order valence-corrected chi connectivity index (χ4v) is 5.61. The molecular formula is C30H18BrNO. The topological polar surface area (TPSA) is 18.1 Å². The zero-order valence-corrected chi connectivity index (χ0v) is 19.2. The van der Waals surface area contributed by atoms with Gasteiger partial charge in [-0.15, -0.1) is 0 Å². The lowest BCUT2D eigenvalue weighted by atomic mass is 9.98. The highest BCUT2D eigenvalue weighted by Crippen LogP contribution is 2.41. The summed E-state index contributed by atoms with van der Waals surface area (Å²) >= 11 is 3.74. The second-order valence-electron chi connectivity index (χ2n) is 8.31. The van der Waals surface area contributed by atoms with Crippen molar-refractivity contribution in [3.63, 3.8) is 0 Å². The first-order valence-electron chi connectivity index (χ1n) is 11.0. The van der Waals surface area contributed by atoms with Gasteiger partial charge in [-0.25, -0.2) is 0 Å². The summed E-state index contributed by atoms with van der Waals surface area (Å²) in [5.41, 5.74) is 7.75. The third kappa shape index (κ3) is 2.73. The number of rotatable bonds is 2. The van der Waals surface area contributed by atoms with Crippen LogP contribution in [0.5, 0.6) is 0 Å². The molecule has 3 heteroatoms. The molecule has 7 rings (SSSR count). The minimum atomic E-state index is 0.897. The van der Waals surface area contributed by atoms with E-state index in [9.17, 15) is 0 Å². The second-order valence-corrected chi connectivity index (χ2v) is 9.17. The molecule has 2 heterocycles. The normalized spacial score (nSPS) is 11.8. The molecule has 33 heavy (non-hydrogen) atoms. The van der Waals surface area contributed by atoms with Gasteiger partial charge in [-0.2, -0.15) is 0 Å². The third-order valence-corrected chi connectivity index (χ3v) is 7.13. The van der Waals surface area contributed by atoms with Crippen LogP contribution in [-0.4, -0.2) is 4.57 Å². The zero-order chi connectivity index (χ0) is 21.9. The fraction of sp³-hybridized carbons (Fsp3) is 0. The van der Waals surface area contributed by atoms with Gasteiger partial charge in [-0.1, -0.05) is 76.6 Å². The smallest absolute Gasteiger partial charge is 0.136 e. The van der Waals surface area contributed by atoms with Gasteiger partial charge in [-0.05, 0) is 59.7 Å². The van der Waals surface area contributed by atoms with Gasteiger partial charge in [0.05, 0.1) is 11.0 Å². The van der Waals surface area contributed by atoms with Crippen molar-refractivity contribution >= 4 is 59.7 Å². The molecule has 7 aromatic rings. The molecule has 0 aliphatic carbocycles. The Balaban J connectivity index is 1.56. The zero-order valence-electron chi connectivity index (χ0n) is 17.6. The van der Waals surface area contributed by atoms with E-state index in [4.69, 9.17) is 4.42 Å². The van der Waals surface area contributed by atoms with Gasteiger partial charge in [0.2, 0.25) is 0 Å². The molecule has 0 aliphatic rings. The van der Waals surface area contributed by atoms with Crippen LogP contribution in [0.1, 0.15) is 0 Å². The van der Waals surface area contributed by atoms with E-state index in [1.54, 1.807) is 0 Å². The average molecular weight is 488 g/mol. The van der Waals surface area contributed by atoms with Gasteiger partial charge in [0, 0.05) is 31.7 Å².